The van der Waals surface area contributed by atoms with Crippen LogP contribution in [0.4, 0.5) is 0 Å². The van der Waals surface area contributed by atoms with Crippen LogP contribution in [0.2, 0.25) is 0 Å². The highest BCUT2D eigenvalue weighted by molar-refractivity contribution is 5.82. The number of hydrogen-bond acceptors (Lipinski definition) is 5. The smallest absolute Gasteiger partial charge is 0.331 e. The first-order chi connectivity index (χ1) is 14.0. The number of aliphatic hydroxyl groups is 3. The van der Waals surface area contributed by atoms with E-state index < -0.39 is 18.3 Å². The molecule has 29 heavy (non-hydrogen) atoms. The molecular weight excluding hydrogens is 368 g/mol. The van der Waals surface area contributed by atoms with Gasteiger partial charge in [-0.1, -0.05) is 66.8 Å². The van der Waals surface area contributed by atoms with Crippen molar-refractivity contribution >= 4 is 5.97 Å². The van der Waals surface area contributed by atoms with Gasteiger partial charge in [-0.3, -0.25) is 0 Å². The van der Waals surface area contributed by atoms with Gasteiger partial charge >= 0.3 is 5.97 Å². The van der Waals surface area contributed by atoms with Gasteiger partial charge in [0.1, 0.15) is 0 Å². The van der Waals surface area contributed by atoms with Gasteiger partial charge in [-0.2, -0.15) is 0 Å². The molecule has 0 unspecified atom stereocenters. The molecule has 0 amide bonds. The Morgan fingerprint density at radius 1 is 0.862 bits per heavy atom. The Balaban J connectivity index is 2.66. The molecular formula is C24H34O5. The highest BCUT2D eigenvalue weighted by Gasteiger charge is 2.07. The molecule has 0 bridgehead atoms. The minimum atomic E-state index is -0.703. The van der Waals surface area contributed by atoms with E-state index in [0.29, 0.717) is 12.8 Å². The normalized spacial score (nSPS) is 28.8. The summed E-state index contributed by atoms with van der Waals surface area (Å²) in [6.45, 7) is 1.87. The van der Waals surface area contributed by atoms with Gasteiger partial charge in [-0.05, 0) is 39.0 Å². The van der Waals surface area contributed by atoms with Crippen molar-refractivity contribution in [1.82, 2.24) is 0 Å². The Kier molecular flexibility index (Phi) is 13.4. The van der Waals surface area contributed by atoms with Crippen molar-refractivity contribution in [3.05, 3.63) is 72.9 Å². The highest BCUT2D eigenvalue weighted by Crippen LogP contribution is 2.08. The number of cyclic esters (lactones) is 1. The van der Waals surface area contributed by atoms with Crippen LogP contribution in [0.3, 0.4) is 0 Å². The van der Waals surface area contributed by atoms with Crippen LogP contribution in [0.25, 0.3) is 0 Å². The van der Waals surface area contributed by atoms with Crippen molar-refractivity contribution in [2.45, 2.75) is 69.9 Å². The molecule has 3 N–H and O–H groups in total. The first kappa shape index (κ1) is 24.8. The maximum atomic E-state index is 11.7. The standard InChI is InChI=1S/C24H34O5/c1-20-13-7-3-2-4-8-16-22(26)19-23(27)17-11-5-9-14-21(25)15-10-6-12-18-24(28)29-20/h2,4-6,8-12,14,16,18,20-23,25-27H,3,7,13,15,17,19H2,1H3/t20-,21+,22-,23+/m1/s1. The Bertz CT molecular complexity index is 627. The van der Waals surface area contributed by atoms with Crippen LogP contribution >= 0.6 is 0 Å². The Morgan fingerprint density at radius 3 is 2.31 bits per heavy atom. The molecule has 0 radical (unpaired) electrons. The van der Waals surface area contributed by atoms with Crippen LogP contribution in [-0.4, -0.2) is 45.7 Å². The van der Waals surface area contributed by atoms with Crippen molar-refractivity contribution in [1.29, 1.82) is 0 Å². The first-order valence-electron chi connectivity index (χ1n) is 10.2. The second-order valence-corrected chi connectivity index (χ2v) is 7.09. The van der Waals surface area contributed by atoms with Crippen LogP contribution in [-0.2, 0) is 9.53 Å². The summed E-state index contributed by atoms with van der Waals surface area (Å²) in [5.41, 5.74) is 0. The zero-order chi connectivity index (χ0) is 21.3. The fraction of sp³-hybridized carbons (Fsp3) is 0.458. The summed E-state index contributed by atoms with van der Waals surface area (Å²) < 4.78 is 5.31. The lowest BCUT2D eigenvalue weighted by Crippen LogP contribution is -2.14. The molecule has 0 saturated carbocycles. The van der Waals surface area contributed by atoms with Gasteiger partial charge in [-0.15, -0.1) is 0 Å². The molecule has 1 aliphatic rings. The molecule has 5 heteroatoms. The third-order valence-electron chi connectivity index (χ3n) is 4.24. The molecule has 0 saturated heterocycles. The number of aliphatic hydroxyl groups excluding tert-OH is 3. The molecule has 160 valence electrons. The molecule has 1 aliphatic heterocycles. The fourth-order valence-electron chi connectivity index (χ4n) is 2.66. The van der Waals surface area contributed by atoms with Gasteiger partial charge in [0.05, 0.1) is 24.4 Å². The lowest BCUT2D eigenvalue weighted by molar-refractivity contribution is -0.142. The molecule has 0 aromatic heterocycles. The van der Waals surface area contributed by atoms with E-state index in [4.69, 9.17) is 4.74 Å². The quantitative estimate of drug-likeness (QED) is 0.538. The Labute approximate surface area is 174 Å². The monoisotopic (exact) mass is 402 g/mol. The lowest BCUT2D eigenvalue weighted by atomic mass is 10.1. The minimum absolute atomic E-state index is 0.158. The van der Waals surface area contributed by atoms with E-state index in [-0.39, 0.29) is 18.5 Å². The summed E-state index contributed by atoms with van der Waals surface area (Å²) in [6.07, 6.45) is 22.2. The molecule has 0 spiro atoms. The molecule has 1 rings (SSSR count). The van der Waals surface area contributed by atoms with Crippen molar-refractivity contribution < 1.29 is 24.9 Å². The van der Waals surface area contributed by atoms with Crippen molar-refractivity contribution in [2.24, 2.45) is 0 Å². The predicted octanol–water partition coefficient (Wildman–Crippen LogP) is 3.69. The lowest BCUT2D eigenvalue weighted by Gasteiger charge is -2.10. The highest BCUT2D eigenvalue weighted by atomic mass is 16.5. The van der Waals surface area contributed by atoms with Crippen LogP contribution in [0.15, 0.2) is 72.9 Å². The zero-order valence-electron chi connectivity index (χ0n) is 17.1. The van der Waals surface area contributed by atoms with Crippen molar-refractivity contribution in [3.8, 4) is 0 Å². The number of esters is 1. The van der Waals surface area contributed by atoms with E-state index in [0.717, 1.165) is 19.3 Å². The van der Waals surface area contributed by atoms with Crippen LogP contribution in [0.5, 0.6) is 0 Å². The maximum Gasteiger partial charge on any atom is 0.331 e. The van der Waals surface area contributed by atoms with Crippen LogP contribution < -0.4 is 0 Å². The van der Waals surface area contributed by atoms with E-state index in [1.165, 1.54) is 6.08 Å². The molecule has 0 aromatic carbocycles. The largest absolute Gasteiger partial charge is 0.460 e. The van der Waals surface area contributed by atoms with Gasteiger partial charge in [0.2, 0.25) is 0 Å². The summed E-state index contributed by atoms with van der Waals surface area (Å²) in [6, 6.07) is 0. The van der Waals surface area contributed by atoms with Gasteiger partial charge in [0.15, 0.2) is 0 Å². The Hall–Kier alpha value is -2.21. The van der Waals surface area contributed by atoms with Gasteiger partial charge in [-0.25, -0.2) is 4.79 Å². The summed E-state index contributed by atoms with van der Waals surface area (Å²) in [7, 11) is 0. The maximum absolute atomic E-state index is 11.7. The van der Waals surface area contributed by atoms with Crippen LogP contribution in [0.1, 0.15) is 45.4 Å². The van der Waals surface area contributed by atoms with E-state index in [2.05, 4.69) is 0 Å². The third-order valence-corrected chi connectivity index (χ3v) is 4.24. The topological polar surface area (TPSA) is 87.0 Å². The van der Waals surface area contributed by atoms with Crippen molar-refractivity contribution in [2.75, 3.05) is 0 Å². The molecule has 1 heterocycles. The van der Waals surface area contributed by atoms with Gasteiger partial charge in [0, 0.05) is 12.5 Å². The number of ether oxygens (including phenoxy) is 1. The second-order valence-electron chi connectivity index (χ2n) is 7.09. The van der Waals surface area contributed by atoms with Crippen LogP contribution in [0, 0.1) is 0 Å². The summed E-state index contributed by atoms with van der Waals surface area (Å²) in [4.78, 5) is 11.7. The van der Waals surface area contributed by atoms with E-state index in [1.54, 1.807) is 54.7 Å². The van der Waals surface area contributed by atoms with E-state index in [9.17, 15) is 20.1 Å². The molecule has 4 atom stereocenters. The fourth-order valence-corrected chi connectivity index (χ4v) is 2.66. The Morgan fingerprint density at radius 2 is 1.52 bits per heavy atom. The zero-order valence-corrected chi connectivity index (χ0v) is 17.1. The summed E-state index contributed by atoms with van der Waals surface area (Å²) in [5.74, 6) is -0.378. The minimum Gasteiger partial charge on any atom is -0.460 e. The average molecular weight is 403 g/mol. The molecule has 0 aliphatic carbocycles. The number of rotatable bonds is 0. The SMILES string of the molecule is C[C@@H]1CCCC=CC=C[C@@H](O)C[C@@H](O)CC=CC=C[C@H](O)CC=CC=CC(=O)O1. The summed E-state index contributed by atoms with van der Waals surface area (Å²) in [5, 5.41) is 29.8. The number of hydrogen-bond donors (Lipinski definition) is 3. The average Bonchev–Trinajstić information content (AvgIpc) is 2.65. The molecule has 0 fully saturated rings. The third kappa shape index (κ3) is 14.4. The number of carbonyl (C=O) groups excluding carboxylic acids is 1. The second kappa shape index (κ2) is 15.7. The number of allylic oxidation sites excluding steroid dienone is 7. The predicted molar refractivity (Wildman–Crippen MR) is 116 cm³/mol. The van der Waals surface area contributed by atoms with E-state index >= 15 is 0 Å². The summed E-state index contributed by atoms with van der Waals surface area (Å²) >= 11 is 0. The van der Waals surface area contributed by atoms with Crippen molar-refractivity contribution in [3.63, 3.8) is 0 Å². The number of carbonyl (C=O) groups is 1. The molecule has 0 aromatic rings. The molecule has 5 nitrogen and oxygen atoms in total. The van der Waals surface area contributed by atoms with E-state index in [1.807, 2.05) is 19.1 Å². The van der Waals surface area contributed by atoms with Gasteiger partial charge < -0.3 is 20.1 Å². The first-order valence-corrected chi connectivity index (χ1v) is 10.2. The van der Waals surface area contributed by atoms with Gasteiger partial charge in [0.25, 0.3) is 0 Å².